The highest BCUT2D eigenvalue weighted by atomic mass is 35.5. The molecule has 0 saturated heterocycles. The molecule has 0 aliphatic heterocycles. The van der Waals surface area contributed by atoms with Gasteiger partial charge >= 0.3 is 0 Å². The van der Waals surface area contributed by atoms with Crippen LogP contribution in [0.4, 0.5) is 5.69 Å². The fourth-order valence-electron chi connectivity index (χ4n) is 3.06. The molecule has 0 aromatic heterocycles. The first-order valence-electron chi connectivity index (χ1n) is 10.1. The van der Waals surface area contributed by atoms with Gasteiger partial charge in [-0.15, -0.1) is 0 Å². The number of nitrogens with zero attached hydrogens (tertiary/aromatic N) is 1. The number of hydrogen-bond donors (Lipinski definition) is 1. The van der Waals surface area contributed by atoms with Crippen molar-refractivity contribution in [3.05, 3.63) is 92.5 Å². The third-order valence-corrected chi connectivity index (χ3v) is 5.52. The largest absolute Gasteiger partial charge is 0.493 e. The van der Waals surface area contributed by atoms with Crippen LogP contribution in [0.15, 0.2) is 60.2 Å². The first-order chi connectivity index (χ1) is 15.8. The van der Waals surface area contributed by atoms with Gasteiger partial charge in [0.05, 0.1) is 12.1 Å². The molecule has 5 nitrogen and oxygen atoms in total. The summed E-state index contributed by atoms with van der Waals surface area (Å²) in [4.78, 5) is 12.5. The second-order valence-corrected chi connectivity index (χ2v) is 8.22. The lowest BCUT2D eigenvalue weighted by Crippen LogP contribution is -2.13. The summed E-state index contributed by atoms with van der Waals surface area (Å²) in [5.41, 5.74) is 4.35. The standard InChI is InChI=1S/C26H22Cl2N2O3/c1-16-4-5-18(10-17(16)2)15-33-25-23(28)12-19(13-24(25)32-3)11-20(14-29)26(31)30-22-8-6-21(27)7-9-22/h4-13H,15H2,1-3H3,(H,30,31)/b20-11+. The summed E-state index contributed by atoms with van der Waals surface area (Å²) in [7, 11) is 1.50. The molecule has 0 spiro atoms. The maximum absolute atomic E-state index is 12.5. The fraction of sp³-hybridized carbons (Fsp3) is 0.154. The van der Waals surface area contributed by atoms with Crippen LogP contribution in [-0.4, -0.2) is 13.0 Å². The molecule has 1 N–H and O–H groups in total. The van der Waals surface area contributed by atoms with Gasteiger partial charge < -0.3 is 14.8 Å². The Kier molecular flexibility index (Phi) is 8.00. The number of halogens is 2. The number of anilines is 1. The van der Waals surface area contributed by atoms with Gasteiger partial charge in [-0.2, -0.15) is 5.26 Å². The van der Waals surface area contributed by atoms with Crippen LogP contribution in [0.2, 0.25) is 10.0 Å². The molecule has 0 bridgehead atoms. The van der Waals surface area contributed by atoms with Crippen molar-refractivity contribution in [3.63, 3.8) is 0 Å². The molecular weight excluding hydrogens is 459 g/mol. The van der Waals surface area contributed by atoms with Crippen molar-refractivity contribution in [2.24, 2.45) is 0 Å². The summed E-state index contributed by atoms with van der Waals surface area (Å²) in [5.74, 6) is 0.233. The highest BCUT2D eigenvalue weighted by Crippen LogP contribution is 2.37. The molecule has 33 heavy (non-hydrogen) atoms. The number of benzene rings is 3. The molecule has 0 atom stereocenters. The van der Waals surface area contributed by atoms with Crippen LogP contribution >= 0.6 is 23.2 Å². The molecule has 3 aromatic rings. The van der Waals surface area contributed by atoms with E-state index in [1.165, 1.54) is 24.3 Å². The predicted octanol–water partition coefficient (Wildman–Crippen LogP) is 6.74. The van der Waals surface area contributed by atoms with E-state index in [9.17, 15) is 10.1 Å². The second kappa shape index (κ2) is 10.9. The number of methoxy groups -OCH3 is 1. The van der Waals surface area contributed by atoms with Gasteiger partial charge in [0.15, 0.2) is 11.5 Å². The van der Waals surface area contributed by atoms with Crippen LogP contribution in [0, 0.1) is 25.2 Å². The minimum Gasteiger partial charge on any atom is -0.493 e. The monoisotopic (exact) mass is 480 g/mol. The van der Waals surface area contributed by atoms with Gasteiger partial charge in [-0.05, 0) is 78.6 Å². The molecular formula is C26H22Cl2N2O3. The number of aryl methyl sites for hydroxylation is 2. The Morgan fingerprint density at radius 2 is 1.79 bits per heavy atom. The van der Waals surface area contributed by atoms with E-state index < -0.39 is 5.91 Å². The van der Waals surface area contributed by atoms with E-state index in [0.29, 0.717) is 39.4 Å². The summed E-state index contributed by atoms with van der Waals surface area (Å²) in [6, 6.07) is 17.9. The number of nitrogens with one attached hydrogen (secondary N) is 1. The Hall–Kier alpha value is -3.46. The molecule has 1 amide bonds. The van der Waals surface area contributed by atoms with Gasteiger partial charge in [0.25, 0.3) is 5.91 Å². The molecule has 0 fully saturated rings. The van der Waals surface area contributed by atoms with Gasteiger partial charge in [-0.3, -0.25) is 4.79 Å². The van der Waals surface area contributed by atoms with E-state index in [2.05, 4.69) is 18.3 Å². The smallest absolute Gasteiger partial charge is 0.266 e. The number of rotatable bonds is 7. The number of amides is 1. The topological polar surface area (TPSA) is 71.3 Å². The van der Waals surface area contributed by atoms with Gasteiger partial charge in [-0.25, -0.2) is 0 Å². The van der Waals surface area contributed by atoms with E-state index in [4.69, 9.17) is 32.7 Å². The van der Waals surface area contributed by atoms with Crippen molar-refractivity contribution in [1.29, 1.82) is 5.26 Å². The Morgan fingerprint density at radius 3 is 2.42 bits per heavy atom. The minimum absolute atomic E-state index is 0.0909. The number of carbonyl (C=O) groups excluding carboxylic acids is 1. The van der Waals surface area contributed by atoms with Gasteiger partial charge in [-0.1, -0.05) is 41.4 Å². The molecule has 168 valence electrons. The van der Waals surface area contributed by atoms with Crippen molar-refractivity contribution in [2.45, 2.75) is 20.5 Å². The third-order valence-electron chi connectivity index (χ3n) is 4.98. The lowest BCUT2D eigenvalue weighted by Gasteiger charge is -2.14. The zero-order valence-electron chi connectivity index (χ0n) is 18.4. The average Bonchev–Trinajstić information content (AvgIpc) is 2.80. The zero-order valence-corrected chi connectivity index (χ0v) is 19.9. The SMILES string of the molecule is COc1cc(/C=C(\C#N)C(=O)Nc2ccc(Cl)cc2)cc(Cl)c1OCc1ccc(C)c(C)c1. The molecule has 0 radical (unpaired) electrons. The van der Waals surface area contributed by atoms with Crippen LogP contribution < -0.4 is 14.8 Å². The summed E-state index contributed by atoms with van der Waals surface area (Å²) in [6.45, 7) is 4.42. The second-order valence-electron chi connectivity index (χ2n) is 7.37. The fourth-order valence-corrected chi connectivity index (χ4v) is 3.46. The molecule has 7 heteroatoms. The summed E-state index contributed by atoms with van der Waals surface area (Å²) in [5, 5.41) is 13.0. The highest BCUT2D eigenvalue weighted by Gasteiger charge is 2.15. The van der Waals surface area contributed by atoms with E-state index in [0.717, 1.165) is 5.56 Å². The van der Waals surface area contributed by atoms with Crippen LogP contribution in [0.3, 0.4) is 0 Å². The molecule has 3 rings (SSSR count). The van der Waals surface area contributed by atoms with Gasteiger partial charge in [0, 0.05) is 10.7 Å². The normalized spacial score (nSPS) is 11.0. The molecule has 0 aliphatic carbocycles. The molecule has 0 aliphatic rings. The lowest BCUT2D eigenvalue weighted by atomic mass is 10.1. The van der Waals surface area contributed by atoms with Crippen LogP contribution in [0.25, 0.3) is 6.08 Å². The predicted molar refractivity (Wildman–Crippen MR) is 132 cm³/mol. The summed E-state index contributed by atoms with van der Waals surface area (Å²) >= 11 is 12.3. The van der Waals surface area contributed by atoms with Crippen LogP contribution in [0.5, 0.6) is 11.5 Å². The molecule has 0 unspecified atom stereocenters. The Balaban J connectivity index is 1.81. The van der Waals surface area contributed by atoms with Crippen molar-refractivity contribution in [1.82, 2.24) is 0 Å². The minimum atomic E-state index is -0.551. The first kappa shape index (κ1) is 24.2. The Morgan fingerprint density at radius 1 is 1.06 bits per heavy atom. The van der Waals surface area contributed by atoms with Crippen molar-refractivity contribution < 1.29 is 14.3 Å². The quantitative estimate of drug-likeness (QED) is 0.300. The summed E-state index contributed by atoms with van der Waals surface area (Å²) < 4.78 is 11.4. The van der Waals surface area contributed by atoms with Crippen LogP contribution in [0.1, 0.15) is 22.3 Å². The van der Waals surface area contributed by atoms with E-state index in [-0.39, 0.29) is 5.57 Å². The van der Waals surface area contributed by atoms with E-state index in [1.54, 1.807) is 36.4 Å². The number of nitriles is 1. The third kappa shape index (κ3) is 6.29. The van der Waals surface area contributed by atoms with Crippen molar-refractivity contribution >= 4 is 40.9 Å². The summed E-state index contributed by atoms with van der Waals surface area (Å²) in [6.07, 6.45) is 1.44. The van der Waals surface area contributed by atoms with Crippen molar-refractivity contribution in [2.75, 3.05) is 12.4 Å². The molecule has 3 aromatic carbocycles. The number of hydrogen-bond acceptors (Lipinski definition) is 4. The zero-order chi connectivity index (χ0) is 24.0. The number of ether oxygens (including phenoxy) is 2. The van der Waals surface area contributed by atoms with Gasteiger partial charge in [0.1, 0.15) is 18.2 Å². The van der Waals surface area contributed by atoms with E-state index >= 15 is 0 Å². The van der Waals surface area contributed by atoms with Crippen LogP contribution in [-0.2, 0) is 11.4 Å². The average molecular weight is 481 g/mol. The number of carbonyl (C=O) groups is 1. The molecule has 0 saturated carbocycles. The molecule has 0 heterocycles. The van der Waals surface area contributed by atoms with Crippen molar-refractivity contribution in [3.8, 4) is 17.6 Å². The first-order valence-corrected chi connectivity index (χ1v) is 10.8. The maximum Gasteiger partial charge on any atom is 0.266 e. The maximum atomic E-state index is 12.5. The van der Waals surface area contributed by atoms with Gasteiger partial charge in [0.2, 0.25) is 0 Å². The Bertz CT molecular complexity index is 1250. The highest BCUT2D eigenvalue weighted by molar-refractivity contribution is 6.32. The Labute approximate surface area is 203 Å². The lowest BCUT2D eigenvalue weighted by molar-refractivity contribution is -0.112. The van der Waals surface area contributed by atoms with E-state index in [1.807, 2.05) is 25.1 Å².